The van der Waals surface area contributed by atoms with E-state index in [4.69, 9.17) is 10.8 Å². The molecule has 0 unspecified atom stereocenters. The largest absolute Gasteiger partial charge is 0.397 e. The number of benzene rings is 1. The molecule has 17 heavy (non-hydrogen) atoms. The van der Waals surface area contributed by atoms with E-state index in [-0.39, 0.29) is 23.6 Å². The van der Waals surface area contributed by atoms with Gasteiger partial charge in [0.05, 0.1) is 18.0 Å². The molecule has 0 fully saturated rings. The number of anilines is 1. The van der Waals surface area contributed by atoms with E-state index in [0.717, 1.165) is 6.07 Å². The molecular formula is C12H10F2N2O. The zero-order chi connectivity index (χ0) is 12.4. The average Bonchev–Trinajstić information content (AvgIpc) is 2.33. The molecule has 5 heteroatoms. The molecule has 0 aliphatic carbocycles. The average molecular weight is 236 g/mol. The van der Waals surface area contributed by atoms with Gasteiger partial charge < -0.3 is 10.8 Å². The number of aliphatic hydroxyl groups is 1. The highest BCUT2D eigenvalue weighted by atomic mass is 19.2. The maximum Gasteiger partial charge on any atom is 0.168 e. The summed E-state index contributed by atoms with van der Waals surface area (Å²) in [7, 11) is 0. The third-order valence-electron chi connectivity index (χ3n) is 2.46. The highest BCUT2D eigenvalue weighted by Gasteiger charge is 2.14. The molecule has 1 aromatic heterocycles. The summed E-state index contributed by atoms with van der Waals surface area (Å²) in [4.78, 5) is 3.92. The van der Waals surface area contributed by atoms with Crippen molar-refractivity contribution in [3.05, 3.63) is 47.7 Å². The van der Waals surface area contributed by atoms with Crippen LogP contribution in [0.15, 0.2) is 30.5 Å². The number of halogens is 2. The number of nitrogens with two attached hydrogens (primary N) is 1. The number of aliphatic hydroxyl groups excluding tert-OH is 1. The summed E-state index contributed by atoms with van der Waals surface area (Å²) < 4.78 is 26.7. The van der Waals surface area contributed by atoms with Gasteiger partial charge in [-0.1, -0.05) is 6.07 Å². The fourth-order valence-electron chi connectivity index (χ4n) is 1.55. The van der Waals surface area contributed by atoms with E-state index in [9.17, 15) is 8.78 Å². The van der Waals surface area contributed by atoms with Gasteiger partial charge in [0, 0.05) is 17.3 Å². The van der Waals surface area contributed by atoms with Crippen LogP contribution in [0.4, 0.5) is 14.5 Å². The Balaban J connectivity index is 2.65. The molecule has 2 aromatic rings. The zero-order valence-electron chi connectivity index (χ0n) is 8.82. The lowest BCUT2D eigenvalue weighted by molar-refractivity contribution is 0.282. The summed E-state index contributed by atoms with van der Waals surface area (Å²) in [6, 6.07) is 5.31. The molecule has 0 aliphatic heterocycles. The van der Waals surface area contributed by atoms with E-state index in [1.807, 2.05) is 0 Å². The number of nitrogen functional groups attached to an aromatic ring is 1. The van der Waals surface area contributed by atoms with Crippen LogP contribution in [0.25, 0.3) is 11.3 Å². The molecule has 1 aromatic carbocycles. The Morgan fingerprint density at radius 3 is 2.71 bits per heavy atom. The molecular weight excluding hydrogens is 226 g/mol. The normalized spacial score (nSPS) is 10.5. The summed E-state index contributed by atoms with van der Waals surface area (Å²) in [5.74, 6) is -1.96. The van der Waals surface area contributed by atoms with Crippen molar-refractivity contribution >= 4 is 5.69 Å². The van der Waals surface area contributed by atoms with Gasteiger partial charge in [0.25, 0.3) is 0 Å². The number of rotatable bonds is 2. The molecule has 0 aliphatic rings. The summed E-state index contributed by atoms with van der Waals surface area (Å²) >= 11 is 0. The van der Waals surface area contributed by atoms with E-state index in [2.05, 4.69) is 4.98 Å². The van der Waals surface area contributed by atoms with Crippen molar-refractivity contribution in [3.63, 3.8) is 0 Å². The highest BCUT2D eigenvalue weighted by Crippen LogP contribution is 2.29. The van der Waals surface area contributed by atoms with Crippen LogP contribution in [0.5, 0.6) is 0 Å². The van der Waals surface area contributed by atoms with E-state index >= 15 is 0 Å². The summed E-state index contributed by atoms with van der Waals surface area (Å²) in [6.45, 7) is -0.279. The maximum absolute atomic E-state index is 13.6. The quantitative estimate of drug-likeness (QED) is 0.839. The maximum atomic E-state index is 13.6. The van der Waals surface area contributed by atoms with Gasteiger partial charge in [-0.15, -0.1) is 0 Å². The Morgan fingerprint density at radius 2 is 2.00 bits per heavy atom. The van der Waals surface area contributed by atoms with Crippen molar-refractivity contribution in [1.82, 2.24) is 4.98 Å². The SMILES string of the molecule is Nc1c(CO)ccnc1-c1cccc(F)c1F. The van der Waals surface area contributed by atoms with Gasteiger partial charge in [0.1, 0.15) is 0 Å². The smallest absolute Gasteiger partial charge is 0.168 e. The Bertz CT molecular complexity index is 558. The highest BCUT2D eigenvalue weighted by molar-refractivity contribution is 5.75. The van der Waals surface area contributed by atoms with Crippen molar-refractivity contribution < 1.29 is 13.9 Å². The number of hydrogen-bond donors (Lipinski definition) is 2. The van der Waals surface area contributed by atoms with Crippen LogP contribution in [0.1, 0.15) is 5.56 Å². The molecule has 2 rings (SSSR count). The molecule has 3 nitrogen and oxygen atoms in total. The minimum absolute atomic E-state index is 0.0159. The first-order valence-electron chi connectivity index (χ1n) is 4.93. The van der Waals surface area contributed by atoms with Gasteiger partial charge in [-0.3, -0.25) is 4.98 Å². The Morgan fingerprint density at radius 1 is 1.24 bits per heavy atom. The number of hydrogen-bond acceptors (Lipinski definition) is 3. The lowest BCUT2D eigenvalue weighted by atomic mass is 10.1. The Hall–Kier alpha value is -2.01. The van der Waals surface area contributed by atoms with Crippen molar-refractivity contribution in [2.45, 2.75) is 6.61 Å². The first-order chi connectivity index (χ1) is 8.15. The topological polar surface area (TPSA) is 59.1 Å². The number of pyridine rings is 1. The van der Waals surface area contributed by atoms with Crippen LogP contribution >= 0.6 is 0 Å². The standard InChI is InChI=1S/C12H10F2N2O/c13-9-3-1-2-8(10(9)14)12-11(15)7(6-17)4-5-16-12/h1-5,17H,6,15H2. The van der Waals surface area contributed by atoms with E-state index < -0.39 is 11.6 Å². The summed E-state index contributed by atoms with van der Waals surface area (Å²) in [5.41, 5.74) is 6.43. The summed E-state index contributed by atoms with van der Waals surface area (Å²) in [5, 5.41) is 9.04. The monoisotopic (exact) mass is 236 g/mol. The fourth-order valence-corrected chi connectivity index (χ4v) is 1.55. The third-order valence-corrected chi connectivity index (χ3v) is 2.46. The third kappa shape index (κ3) is 1.97. The molecule has 1 heterocycles. The van der Waals surface area contributed by atoms with Crippen molar-refractivity contribution in [2.75, 3.05) is 5.73 Å². The van der Waals surface area contributed by atoms with Gasteiger partial charge in [0.15, 0.2) is 11.6 Å². The predicted molar refractivity (Wildman–Crippen MR) is 59.9 cm³/mol. The van der Waals surface area contributed by atoms with Gasteiger partial charge in [-0.2, -0.15) is 0 Å². The van der Waals surface area contributed by atoms with Crippen molar-refractivity contribution in [2.24, 2.45) is 0 Å². The molecule has 0 amide bonds. The van der Waals surface area contributed by atoms with Crippen LogP contribution in [0, 0.1) is 11.6 Å². The van der Waals surface area contributed by atoms with E-state index in [1.165, 1.54) is 24.4 Å². The number of nitrogens with zero attached hydrogens (tertiary/aromatic N) is 1. The second-order valence-corrected chi connectivity index (χ2v) is 3.49. The van der Waals surface area contributed by atoms with Crippen LogP contribution in [0.2, 0.25) is 0 Å². The molecule has 0 radical (unpaired) electrons. The second kappa shape index (κ2) is 4.47. The first kappa shape index (κ1) is 11.5. The minimum Gasteiger partial charge on any atom is -0.397 e. The van der Waals surface area contributed by atoms with Crippen molar-refractivity contribution in [1.29, 1.82) is 0 Å². The fraction of sp³-hybridized carbons (Fsp3) is 0.0833. The molecule has 0 saturated carbocycles. The van der Waals surface area contributed by atoms with Crippen LogP contribution in [-0.2, 0) is 6.61 Å². The Kier molecular flexibility index (Phi) is 3.01. The van der Waals surface area contributed by atoms with Gasteiger partial charge in [-0.05, 0) is 18.2 Å². The zero-order valence-corrected chi connectivity index (χ0v) is 8.82. The summed E-state index contributed by atoms with van der Waals surface area (Å²) in [6.07, 6.45) is 1.39. The van der Waals surface area contributed by atoms with E-state index in [1.54, 1.807) is 0 Å². The molecule has 88 valence electrons. The first-order valence-corrected chi connectivity index (χ1v) is 4.93. The molecule has 0 saturated heterocycles. The van der Waals surface area contributed by atoms with Gasteiger partial charge in [0.2, 0.25) is 0 Å². The Labute approximate surface area is 96.5 Å². The lowest BCUT2D eigenvalue weighted by Gasteiger charge is -2.09. The molecule has 3 N–H and O–H groups in total. The lowest BCUT2D eigenvalue weighted by Crippen LogP contribution is -2.01. The van der Waals surface area contributed by atoms with Gasteiger partial charge >= 0.3 is 0 Å². The van der Waals surface area contributed by atoms with Crippen molar-refractivity contribution in [3.8, 4) is 11.3 Å². The molecule has 0 atom stereocenters. The molecule has 0 spiro atoms. The van der Waals surface area contributed by atoms with Crippen LogP contribution in [0.3, 0.4) is 0 Å². The van der Waals surface area contributed by atoms with Gasteiger partial charge in [-0.25, -0.2) is 8.78 Å². The van der Waals surface area contributed by atoms with E-state index in [0.29, 0.717) is 5.56 Å². The predicted octanol–water partition coefficient (Wildman–Crippen LogP) is 2.10. The second-order valence-electron chi connectivity index (χ2n) is 3.49. The van der Waals surface area contributed by atoms with Crippen LogP contribution < -0.4 is 5.73 Å². The number of aromatic nitrogens is 1. The van der Waals surface area contributed by atoms with Crippen LogP contribution in [-0.4, -0.2) is 10.1 Å². The minimum atomic E-state index is -0.998. The molecule has 0 bridgehead atoms.